The zero-order chi connectivity index (χ0) is 17.5. The highest BCUT2D eigenvalue weighted by Crippen LogP contribution is 2.48. The molecule has 138 valence electrons. The third kappa shape index (κ3) is 2.99. The quantitative estimate of drug-likeness (QED) is 0.678. The Bertz CT molecular complexity index is 748. The number of hydrogen-bond donors (Lipinski definition) is 0. The number of ether oxygens (including phenoxy) is 1. The molecule has 0 N–H and O–H groups in total. The van der Waals surface area contributed by atoms with E-state index in [0.717, 1.165) is 23.6 Å². The molecule has 0 amide bonds. The number of benzene rings is 1. The van der Waals surface area contributed by atoms with Crippen LogP contribution in [0.15, 0.2) is 35.0 Å². The van der Waals surface area contributed by atoms with Gasteiger partial charge in [-0.15, -0.1) is 0 Å². The van der Waals surface area contributed by atoms with Gasteiger partial charge in [-0.25, -0.2) is 0 Å². The maximum atomic E-state index is 5.73. The fraction of sp³-hybridized carbons (Fsp3) is 0.565. The van der Waals surface area contributed by atoms with E-state index in [4.69, 9.17) is 4.74 Å². The Kier molecular flexibility index (Phi) is 4.54. The van der Waals surface area contributed by atoms with Crippen molar-refractivity contribution in [3.63, 3.8) is 0 Å². The summed E-state index contributed by atoms with van der Waals surface area (Å²) < 4.78 is 5.73. The summed E-state index contributed by atoms with van der Waals surface area (Å²) in [7, 11) is 1.81. The van der Waals surface area contributed by atoms with Gasteiger partial charge in [-0.2, -0.15) is 11.3 Å². The molecule has 1 aliphatic heterocycles. The van der Waals surface area contributed by atoms with Gasteiger partial charge < -0.3 is 9.64 Å². The minimum Gasteiger partial charge on any atom is -0.496 e. The number of thiophene rings is 1. The lowest BCUT2D eigenvalue weighted by Crippen LogP contribution is -2.43. The standard InChI is InChI=1S/C23H29NOS/c1-25-23-5-4-18(20-8-11-26-15-20)14-21(23)17-6-9-24(10-7-17)22-13-16-2-3-19(22)12-16/h4-5,8,11,14-17,19,22H,2-3,6-7,9-10,12-13H2,1H3/t16-,19-,22+/m0/s1. The monoisotopic (exact) mass is 367 g/mol. The highest BCUT2D eigenvalue weighted by molar-refractivity contribution is 7.08. The van der Waals surface area contributed by atoms with Crippen LogP contribution in [0.25, 0.3) is 11.1 Å². The molecule has 3 fully saturated rings. The van der Waals surface area contributed by atoms with Crippen LogP contribution in [0.5, 0.6) is 5.75 Å². The summed E-state index contributed by atoms with van der Waals surface area (Å²) in [6.07, 6.45) is 8.54. The molecule has 2 saturated carbocycles. The van der Waals surface area contributed by atoms with Crippen LogP contribution < -0.4 is 4.74 Å². The largest absolute Gasteiger partial charge is 0.496 e. The van der Waals surface area contributed by atoms with E-state index in [1.807, 2.05) is 7.11 Å². The summed E-state index contributed by atoms with van der Waals surface area (Å²) in [6, 6.07) is 9.88. The van der Waals surface area contributed by atoms with Crippen LogP contribution in [0.2, 0.25) is 0 Å². The number of nitrogens with zero attached hydrogens (tertiary/aromatic N) is 1. The fourth-order valence-electron chi connectivity index (χ4n) is 5.86. The SMILES string of the molecule is COc1ccc(-c2ccsc2)cc1C1CCN([C@@H]2C[C@H]3CC[C@H]2C3)CC1. The van der Waals surface area contributed by atoms with E-state index < -0.39 is 0 Å². The predicted octanol–water partition coefficient (Wildman–Crippen LogP) is 5.79. The Hall–Kier alpha value is -1.32. The number of fused-ring (bicyclic) bond motifs is 2. The molecule has 1 aromatic heterocycles. The summed E-state index contributed by atoms with van der Waals surface area (Å²) in [5.41, 5.74) is 4.08. The highest BCUT2D eigenvalue weighted by atomic mass is 32.1. The average molecular weight is 368 g/mol. The summed E-state index contributed by atoms with van der Waals surface area (Å²) in [5.74, 6) is 3.76. The number of rotatable bonds is 4. The lowest BCUT2D eigenvalue weighted by molar-refractivity contribution is 0.110. The van der Waals surface area contributed by atoms with Crippen LogP contribution in [0.1, 0.15) is 50.0 Å². The first kappa shape index (κ1) is 16.8. The van der Waals surface area contributed by atoms with Gasteiger partial charge in [0.2, 0.25) is 0 Å². The molecule has 26 heavy (non-hydrogen) atoms. The number of likely N-dealkylation sites (tertiary alicyclic amines) is 1. The number of hydrogen-bond acceptors (Lipinski definition) is 3. The summed E-state index contributed by atoms with van der Waals surface area (Å²) in [5, 5.41) is 4.40. The van der Waals surface area contributed by atoms with E-state index in [-0.39, 0.29) is 0 Å². The van der Waals surface area contributed by atoms with Crippen molar-refractivity contribution < 1.29 is 4.74 Å². The van der Waals surface area contributed by atoms with Gasteiger partial charge in [-0.05, 0) is 109 Å². The van der Waals surface area contributed by atoms with Crippen LogP contribution in [0, 0.1) is 11.8 Å². The zero-order valence-corrected chi connectivity index (χ0v) is 16.5. The molecule has 1 saturated heterocycles. The van der Waals surface area contributed by atoms with E-state index >= 15 is 0 Å². The van der Waals surface area contributed by atoms with Crippen LogP contribution in [-0.2, 0) is 0 Å². The molecule has 3 aliphatic rings. The van der Waals surface area contributed by atoms with Crippen molar-refractivity contribution in [2.75, 3.05) is 20.2 Å². The maximum absolute atomic E-state index is 5.73. The van der Waals surface area contributed by atoms with Crippen LogP contribution in [0.4, 0.5) is 0 Å². The van der Waals surface area contributed by atoms with Crippen LogP contribution >= 0.6 is 11.3 Å². The van der Waals surface area contributed by atoms with Crippen LogP contribution in [-0.4, -0.2) is 31.1 Å². The van der Waals surface area contributed by atoms with E-state index in [9.17, 15) is 0 Å². The van der Waals surface area contributed by atoms with Crippen molar-refractivity contribution in [1.82, 2.24) is 4.90 Å². The Labute approximate surface area is 161 Å². The molecule has 2 nitrogen and oxygen atoms in total. The lowest BCUT2D eigenvalue weighted by Gasteiger charge is -2.40. The molecule has 0 spiro atoms. The molecule has 0 radical (unpaired) electrons. The lowest BCUT2D eigenvalue weighted by atomic mass is 9.85. The molecule has 2 heterocycles. The third-order valence-corrected chi connectivity index (χ3v) is 7.91. The van der Waals surface area contributed by atoms with Crippen LogP contribution in [0.3, 0.4) is 0 Å². The molecule has 2 aromatic rings. The van der Waals surface area contributed by atoms with Gasteiger partial charge >= 0.3 is 0 Å². The third-order valence-electron chi connectivity index (χ3n) is 7.22. The molecule has 1 aromatic carbocycles. The van der Waals surface area contributed by atoms with E-state index in [1.165, 1.54) is 68.3 Å². The van der Waals surface area contributed by atoms with Crippen molar-refractivity contribution in [3.05, 3.63) is 40.6 Å². The summed E-state index contributed by atoms with van der Waals surface area (Å²) in [4.78, 5) is 2.83. The van der Waals surface area contributed by atoms with Gasteiger partial charge in [-0.3, -0.25) is 0 Å². The normalized spacial score (nSPS) is 29.3. The average Bonchev–Trinajstić information content (AvgIpc) is 3.45. The van der Waals surface area contributed by atoms with Gasteiger partial charge in [-0.1, -0.05) is 12.5 Å². The molecular weight excluding hydrogens is 338 g/mol. The molecule has 5 rings (SSSR count). The highest BCUT2D eigenvalue weighted by Gasteiger charge is 2.43. The molecular formula is C23H29NOS. The first-order valence-electron chi connectivity index (χ1n) is 10.3. The van der Waals surface area contributed by atoms with Crippen molar-refractivity contribution in [1.29, 1.82) is 0 Å². The Morgan fingerprint density at radius 1 is 1.00 bits per heavy atom. The first-order chi connectivity index (χ1) is 12.8. The minimum atomic E-state index is 0.637. The van der Waals surface area contributed by atoms with Crippen molar-refractivity contribution in [2.24, 2.45) is 11.8 Å². The smallest absolute Gasteiger partial charge is 0.122 e. The second kappa shape index (κ2) is 7.01. The summed E-state index contributed by atoms with van der Waals surface area (Å²) in [6.45, 7) is 2.54. The predicted molar refractivity (Wildman–Crippen MR) is 109 cm³/mol. The van der Waals surface area contributed by atoms with Crippen molar-refractivity contribution >= 4 is 11.3 Å². The number of methoxy groups -OCH3 is 1. The minimum absolute atomic E-state index is 0.637. The molecule has 2 aliphatic carbocycles. The zero-order valence-electron chi connectivity index (χ0n) is 15.7. The Balaban J connectivity index is 1.32. The van der Waals surface area contributed by atoms with E-state index in [2.05, 4.69) is 39.9 Å². The van der Waals surface area contributed by atoms with Gasteiger partial charge in [0, 0.05) is 6.04 Å². The second-order valence-corrected chi connectivity index (χ2v) is 9.30. The Morgan fingerprint density at radius 3 is 2.54 bits per heavy atom. The topological polar surface area (TPSA) is 12.5 Å². The first-order valence-corrected chi connectivity index (χ1v) is 11.2. The van der Waals surface area contributed by atoms with Gasteiger partial charge in [0.15, 0.2) is 0 Å². The molecule has 2 bridgehead atoms. The van der Waals surface area contributed by atoms with Gasteiger partial charge in [0.05, 0.1) is 7.11 Å². The maximum Gasteiger partial charge on any atom is 0.122 e. The summed E-state index contributed by atoms with van der Waals surface area (Å²) >= 11 is 1.77. The van der Waals surface area contributed by atoms with Gasteiger partial charge in [0.25, 0.3) is 0 Å². The molecule has 0 unspecified atom stereocenters. The van der Waals surface area contributed by atoms with E-state index in [0.29, 0.717) is 5.92 Å². The number of piperidine rings is 1. The van der Waals surface area contributed by atoms with Gasteiger partial charge in [0.1, 0.15) is 5.75 Å². The van der Waals surface area contributed by atoms with Crippen molar-refractivity contribution in [2.45, 2.75) is 50.5 Å². The Morgan fingerprint density at radius 2 is 1.88 bits per heavy atom. The molecule has 3 atom stereocenters. The fourth-order valence-corrected chi connectivity index (χ4v) is 6.53. The van der Waals surface area contributed by atoms with E-state index in [1.54, 1.807) is 11.3 Å². The molecule has 3 heteroatoms. The van der Waals surface area contributed by atoms with Crippen molar-refractivity contribution in [3.8, 4) is 16.9 Å². The second-order valence-electron chi connectivity index (χ2n) is 8.52.